The smallest absolute Gasteiger partial charge is 0.223 e. The predicted molar refractivity (Wildman–Crippen MR) is 137 cm³/mol. The van der Waals surface area contributed by atoms with Crippen LogP contribution in [0.5, 0.6) is 5.75 Å². The maximum absolute atomic E-state index is 13.0. The molecular weight excluding hydrogens is 472 g/mol. The van der Waals surface area contributed by atoms with Gasteiger partial charge in [-0.3, -0.25) is 4.79 Å². The Morgan fingerprint density at radius 3 is 2.41 bits per heavy atom. The number of ether oxygens (including phenoxy) is 1. The summed E-state index contributed by atoms with van der Waals surface area (Å²) >= 11 is 5.99. The van der Waals surface area contributed by atoms with Crippen LogP contribution in [0.2, 0.25) is 5.02 Å². The van der Waals surface area contributed by atoms with Crippen LogP contribution in [0.1, 0.15) is 67.8 Å². The summed E-state index contributed by atoms with van der Waals surface area (Å²) in [5.74, 6) is 0.844. The Balaban J connectivity index is 1.61. The molecule has 1 heterocycles. The topological polar surface area (TPSA) is 75.7 Å². The number of rotatable bonds is 8. The average molecular weight is 507 g/mol. The summed E-state index contributed by atoms with van der Waals surface area (Å²) in [4.78, 5) is 13.0. The van der Waals surface area contributed by atoms with E-state index in [9.17, 15) is 13.2 Å². The second kappa shape index (κ2) is 11.1. The number of hydrogen-bond acceptors (Lipinski definition) is 4. The van der Waals surface area contributed by atoms with E-state index < -0.39 is 10.0 Å². The normalized spacial score (nSPS) is 16.4. The summed E-state index contributed by atoms with van der Waals surface area (Å²) in [5, 5.41) is 3.67. The van der Waals surface area contributed by atoms with Gasteiger partial charge < -0.3 is 10.1 Å². The zero-order valence-electron chi connectivity index (χ0n) is 20.6. The van der Waals surface area contributed by atoms with Crippen LogP contribution < -0.4 is 10.1 Å². The number of benzene rings is 2. The monoisotopic (exact) mass is 506 g/mol. The summed E-state index contributed by atoms with van der Waals surface area (Å²) in [6, 6.07) is 10.9. The fourth-order valence-electron chi connectivity index (χ4n) is 4.54. The largest absolute Gasteiger partial charge is 0.496 e. The zero-order valence-corrected chi connectivity index (χ0v) is 22.2. The summed E-state index contributed by atoms with van der Waals surface area (Å²) in [6.07, 6.45) is 1.01. The van der Waals surface area contributed by atoms with Crippen LogP contribution in [0.4, 0.5) is 0 Å². The van der Waals surface area contributed by atoms with Crippen LogP contribution in [0.3, 0.4) is 0 Å². The molecule has 2 aromatic rings. The molecule has 1 unspecified atom stereocenters. The molecule has 1 amide bonds. The molecule has 1 fully saturated rings. The first-order valence-corrected chi connectivity index (χ1v) is 13.7. The number of halogens is 1. The number of amides is 1. The molecule has 3 rings (SSSR count). The zero-order chi connectivity index (χ0) is 25.0. The van der Waals surface area contributed by atoms with Gasteiger partial charge in [0.1, 0.15) is 5.75 Å². The Kier molecular flexibility index (Phi) is 8.66. The highest BCUT2D eigenvalue weighted by Gasteiger charge is 2.32. The van der Waals surface area contributed by atoms with Crippen molar-refractivity contribution < 1.29 is 17.9 Å². The van der Waals surface area contributed by atoms with Crippen LogP contribution in [-0.4, -0.2) is 38.8 Å². The fraction of sp³-hybridized carbons (Fsp3) is 0.500. The third kappa shape index (κ3) is 6.32. The van der Waals surface area contributed by atoms with Crippen molar-refractivity contribution in [2.24, 2.45) is 5.92 Å². The van der Waals surface area contributed by atoms with Gasteiger partial charge in [-0.2, -0.15) is 0 Å². The molecule has 1 aliphatic rings. The maximum atomic E-state index is 13.0. The van der Waals surface area contributed by atoms with Crippen LogP contribution in [0.25, 0.3) is 0 Å². The molecule has 0 spiro atoms. The third-order valence-electron chi connectivity index (χ3n) is 6.52. The number of carbonyl (C=O) groups is 1. The Morgan fingerprint density at radius 2 is 1.82 bits per heavy atom. The van der Waals surface area contributed by atoms with Gasteiger partial charge in [0.2, 0.25) is 15.9 Å². The molecule has 6 nitrogen and oxygen atoms in total. The Bertz CT molecular complexity index is 1130. The molecule has 0 saturated carbocycles. The van der Waals surface area contributed by atoms with Crippen LogP contribution in [0.15, 0.2) is 36.4 Å². The van der Waals surface area contributed by atoms with Crippen molar-refractivity contribution in [3.8, 4) is 5.75 Å². The van der Waals surface area contributed by atoms with E-state index in [2.05, 4.69) is 25.2 Å². The number of nitrogens with zero attached hydrogens (tertiary/aromatic N) is 1. The maximum Gasteiger partial charge on any atom is 0.223 e. The van der Waals surface area contributed by atoms with Gasteiger partial charge in [-0.1, -0.05) is 37.6 Å². The van der Waals surface area contributed by atoms with Gasteiger partial charge in [0.05, 0.1) is 18.9 Å². The minimum Gasteiger partial charge on any atom is -0.496 e. The van der Waals surface area contributed by atoms with Crippen LogP contribution in [0, 0.1) is 12.8 Å². The third-order valence-corrected chi connectivity index (χ3v) is 8.61. The molecule has 0 aromatic heterocycles. The second-order valence-electron chi connectivity index (χ2n) is 9.40. The molecule has 0 bridgehead atoms. The number of aryl methyl sites for hydroxylation is 1. The highest BCUT2D eigenvalue weighted by Crippen LogP contribution is 2.32. The van der Waals surface area contributed by atoms with Gasteiger partial charge in [0, 0.05) is 24.0 Å². The van der Waals surface area contributed by atoms with Crippen LogP contribution >= 0.6 is 11.6 Å². The molecule has 1 atom stereocenters. The van der Waals surface area contributed by atoms with E-state index in [0.717, 1.165) is 22.4 Å². The van der Waals surface area contributed by atoms with Crippen molar-refractivity contribution in [1.29, 1.82) is 0 Å². The highest BCUT2D eigenvalue weighted by molar-refractivity contribution is 7.88. The van der Waals surface area contributed by atoms with Crippen molar-refractivity contribution in [3.05, 3.63) is 63.7 Å². The number of piperidine rings is 1. The quantitative estimate of drug-likeness (QED) is 0.534. The van der Waals surface area contributed by atoms with Gasteiger partial charge in [0.25, 0.3) is 0 Å². The Labute approximate surface area is 208 Å². The fourth-order valence-corrected chi connectivity index (χ4v) is 6.31. The summed E-state index contributed by atoms with van der Waals surface area (Å²) in [7, 11) is -1.79. The van der Waals surface area contributed by atoms with Gasteiger partial charge in [-0.25, -0.2) is 12.7 Å². The minimum atomic E-state index is -3.46. The average Bonchev–Trinajstić information content (AvgIpc) is 2.78. The first-order valence-electron chi connectivity index (χ1n) is 11.7. The molecular formula is C26H35ClN2O4S. The lowest BCUT2D eigenvalue weighted by Crippen LogP contribution is -2.43. The number of nitrogens with one attached hydrogen (secondary N) is 1. The number of methoxy groups -OCH3 is 1. The van der Waals surface area contributed by atoms with Crippen LogP contribution in [-0.2, 0) is 20.6 Å². The van der Waals surface area contributed by atoms with Crippen molar-refractivity contribution in [2.45, 2.75) is 58.2 Å². The molecule has 0 radical (unpaired) electrons. The van der Waals surface area contributed by atoms with E-state index in [-0.39, 0.29) is 23.6 Å². The summed E-state index contributed by atoms with van der Waals surface area (Å²) in [5.41, 5.74) is 3.91. The van der Waals surface area contributed by atoms with E-state index in [1.165, 1.54) is 4.31 Å². The molecule has 2 aromatic carbocycles. The predicted octanol–water partition coefficient (Wildman–Crippen LogP) is 5.20. The SMILES string of the molecule is COc1cc(C)c(C(C)NC(=O)C2CCN(S(=O)(=O)Cc3cccc(Cl)c3)CC2)cc1C(C)C. The van der Waals surface area contributed by atoms with E-state index >= 15 is 0 Å². The lowest BCUT2D eigenvalue weighted by molar-refractivity contribution is -0.126. The van der Waals surface area contributed by atoms with E-state index in [1.54, 1.807) is 31.4 Å². The Morgan fingerprint density at radius 1 is 1.15 bits per heavy atom. The molecule has 1 N–H and O–H groups in total. The molecule has 1 aliphatic heterocycles. The minimum absolute atomic E-state index is 0.0271. The number of hydrogen-bond donors (Lipinski definition) is 1. The van der Waals surface area contributed by atoms with Crippen molar-refractivity contribution in [2.75, 3.05) is 20.2 Å². The van der Waals surface area contributed by atoms with Crippen molar-refractivity contribution in [1.82, 2.24) is 9.62 Å². The molecule has 34 heavy (non-hydrogen) atoms. The molecule has 1 saturated heterocycles. The molecule has 186 valence electrons. The highest BCUT2D eigenvalue weighted by atomic mass is 35.5. The number of sulfonamides is 1. The van der Waals surface area contributed by atoms with E-state index in [1.807, 2.05) is 19.9 Å². The standard InChI is InChI=1S/C26H35ClN2O4S/c1-17(2)23-15-24(18(3)13-25(23)33-5)19(4)28-26(30)21-9-11-29(12-10-21)34(31,32)16-20-7-6-8-22(27)14-20/h6-8,13-15,17,19,21H,9-12,16H2,1-5H3,(H,28,30). The van der Waals surface area contributed by atoms with E-state index in [0.29, 0.717) is 42.4 Å². The first-order chi connectivity index (χ1) is 16.0. The van der Waals surface area contributed by atoms with Gasteiger partial charge in [-0.05, 0) is 79.1 Å². The Hall–Kier alpha value is -2.09. The number of carbonyl (C=O) groups excluding carboxylic acids is 1. The van der Waals surface area contributed by atoms with Crippen molar-refractivity contribution in [3.63, 3.8) is 0 Å². The first kappa shape index (κ1) is 26.5. The molecule has 8 heteroatoms. The van der Waals surface area contributed by atoms with Gasteiger partial charge in [0.15, 0.2) is 0 Å². The lowest BCUT2D eigenvalue weighted by Gasteiger charge is -2.31. The van der Waals surface area contributed by atoms with Gasteiger partial charge >= 0.3 is 0 Å². The lowest BCUT2D eigenvalue weighted by atomic mass is 9.92. The summed E-state index contributed by atoms with van der Waals surface area (Å²) < 4.78 is 32.7. The summed E-state index contributed by atoms with van der Waals surface area (Å²) in [6.45, 7) is 8.93. The molecule has 0 aliphatic carbocycles. The van der Waals surface area contributed by atoms with Gasteiger partial charge in [-0.15, -0.1) is 0 Å². The second-order valence-corrected chi connectivity index (χ2v) is 11.8. The van der Waals surface area contributed by atoms with E-state index in [4.69, 9.17) is 16.3 Å². The van der Waals surface area contributed by atoms with Crippen molar-refractivity contribution >= 4 is 27.5 Å².